The van der Waals surface area contributed by atoms with E-state index in [1.165, 1.54) is 31.7 Å². The molecule has 0 radical (unpaired) electrons. The zero-order valence-corrected chi connectivity index (χ0v) is 17.2. The number of aliphatic imine (C=N–C) groups is 1. The normalized spacial score (nSPS) is 19.9. The third-order valence-corrected chi connectivity index (χ3v) is 7.17. The molecular weight excluding hydrogens is 384 g/mol. The molecule has 0 fully saturated rings. The van der Waals surface area contributed by atoms with Crippen molar-refractivity contribution in [1.29, 1.82) is 0 Å². The Kier molecular flexibility index (Phi) is 4.14. The highest BCUT2D eigenvalue weighted by Crippen LogP contribution is 2.50. The number of thiophene rings is 1. The van der Waals surface area contributed by atoms with Crippen molar-refractivity contribution in [3.8, 4) is 10.4 Å². The lowest BCUT2D eigenvalue weighted by molar-refractivity contribution is 0.400. The van der Waals surface area contributed by atoms with E-state index in [1.807, 2.05) is 11.3 Å². The van der Waals surface area contributed by atoms with Crippen LogP contribution in [0.25, 0.3) is 21.2 Å². The fourth-order valence-corrected chi connectivity index (χ4v) is 5.84. The van der Waals surface area contributed by atoms with Crippen LogP contribution in [0.1, 0.15) is 22.5 Å². The topological polar surface area (TPSA) is 15.6 Å². The maximum Gasteiger partial charge on any atom is 0.128 e. The molecule has 0 saturated carbocycles. The van der Waals surface area contributed by atoms with E-state index in [0.29, 0.717) is 0 Å². The number of fused-ring (bicyclic) bond motifs is 2. The summed E-state index contributed by atoms with van der Waals surface area (Å²) in [5, 5.41) is 2.62. The number of allylic oxidation sites excluding steroid dienone is 2. The molecule has 3 heteroatoms. The molecule has 2 atom stereocenters. The largest absolute Gasteiger partial charge is 0.323 e. The van der Waals surface area contributed by atoms with Crippen molar-refractivity contribution >= 4 is 27.9 Å². The summed E-state index contributed by atoms with van der Waals surface area (Å²) in [6, 6.07) is 30.4. The molecule has 0 aliphatic carbocycles. The molecule has 3 aromatic carbocycles. The molecule has 2 unspecified atom stereocenters. The van der Waals surface area contributed by atoms with Gasteiger partial charge in [-0.25, -0.2) is 0 Å². The Morgan fingerprint density at radius 2 is 1.43 bits per heavy atom. The van der Waals surface area contributed by atoms with Crippen molar-refractivity contribution in [3.05, 3.63) is 120 Å². The lowest BCUT2D eigenvalue weighted by atomic mass is 9.96. The number of amidine groups is 1. The first-order chi connectivity index (χ1) is 14.9. The Bertz CT molecular complexity index is 1300. The second-order valence-electron chi connectivity index (χ2n) is 7.60. The summed E-state index contributed by atoms with van der Waals surface area (Å²) >= 11 is 1.89. The summed E-state index contributed by atoms with van der Waals surface area (Å²) in [5.41, 5.74) is 2.56. The molecule has 1 aromatic heterocycles. The zero-order valence-electron chi connectivity index (χ0n) is 16.3. The molecule has 6 rings (SSSR count). The van der Waals surface area contributed by atoms with Crippen LogP contribution < -0.4 is 0 Å². The van der Waals surface area contributed by atoms with Crippen molar-refractivity contribution < 1.29 is 0 Å². The van der Waals surface area contributed by atoms with Crippen LogP contribution in [0.4, 0.5) is 0 Å². The Morgan fingerprint density at radius 1 is 0.733 bits per heavy atom. The molecule has 0 saturated heterocycles. The van der Waals surface area contributed by atoms with E-state index >= 15 is 0 Å². The van der Waals surface area contributed by atoms with Crippen molar-refractivity contribution in [2.45, 2.75) is 12.1 Å². The summed E-state index contributed by atoms with van der Waals surface area (Å²) < 4.78 is 0. The monoisotopic (exact) mass is 404 g/mol. The van der Waals surface area contributed by atoms with Crippen LogP contribution in [-0.4, -0.2) is 10.7 Å². The summed E-state index contributed by atoms with van der Waals surface area (Å²) in [6.07, 6.45) is 8.44. The van der Waals surface area contributed by atoms with Crippen molar-refractivity contribution in [2.24, 2.45) is 4.99 Å². The van der Waals surface area contributed by atoms with E-state index in [9.17, 15) is 0 Å². The number of benzene rings is 3. The minimum absolute atomic E-state index is 0.0576. The van der Waals surface area contributed by atoms with Crippen molar-refractivity contribution in [1.82, 2.24) is 4.90 Å². The molecule has 2 nitrogen and oxygen atoms in total. The average molecular weight is 405 g/mol. The van der Waals surface area contributed by atoms with Gasteiger partial charge in [0, 0.05) is 21.3 Å². The van der Waals surface area contributed by atoms with E-state index in [2.05, 4.69) is 114 Å². The van der Waals surface area contributed by atoms with E-state index in [0.717, 1.165) is 5.84 Å². The van der Waals surface area contributed by atoms with Gasteiger partial charge >= 0.3 is 0 Å². The highest BCUT2D eigenvalue weighted by Gasteiger charge is 2.38. The summed E-state index contributed by atoms with van der Waals surface area (Å²) in [5.74, 6) is 1.04. The Morgan fingerprint density at radius 3 is 2.23 bits per heavy atom. The van der Waals surface area contributed by atoms with Crippen molar-refractivity contribution in [2.75, 3.05) is 0 Å². The van der Waals surface area contributed by atoms with Crippen LogP contribution in [-0.2, 0) is 0 Å². The minimum atomic E-state index is 0.0576. The fourth-order valence-electron chi connectivity index (χ4n) is 4.49. The smallest absolute Gasteiger partial charge is 0.128 e. The quantitative estimate of drug-likeness (QED) is 0.354. The van der Waals surface area contributed by atoms with Gasteiger partial charge in [-0.2, -0.15) is 0 Å². The molecule has 30 heavy (non-hydrogen) atoms. The van der Waals surface area contributed by atoms with E-state index in [1.54, 1.807) is 0 Å². The lowest BCUT2D eigenvalue weighted by Gasteiger charge is -2.28. The molecule has 0 amide bonds. The van der Waals surface area contributed by atoms with E-state index in [-0.39, 0.29) is 12.1 Å². The molecule has 144 valence electrons. The van der Waals surface area contributed by atoms with Gasteiger partial charge in [0.15, 0.2) is 0 Å². The SMILES string of the molecule is C1=CC2=NC(c3sc(-c4ccccc4)c4ccccc34)C(c3ccccc3)N2C=C1. The molecule has 4 aromatic rings. The molecule has 2 aliphatic rings. The highest BCUT2D eigenvalue weighted by molar-refractivity contribution is 7.17. The summed E-state index contributed by atoms with van der Waals surface area (Å²) in [7, 11) is 0. The fraction of sp³-hybridized carbons (Fsp3) is 0.0741. The van der Waals surface area contributed by atoms with Crippen LogP contribution >= 0.6 is 11.3 Å². The van der Waals surface area contributed by atoms with Gasteiger partial charge in [-0.1, -0.05) is 91.0 Å². The van der Waals surface area contributed by atoms with Crippen LogP contribution in [0.2, 0.25) is 0 Å². The highest BCUT2D eigenvalue weighted by atomic mass is 32.1. The van der Waals surface area contributed by atoms with Gasteiger partial charge in [-0.3, -0.25) is 4.99 Å². The predicted octanol–water partition coefficient (Wildman–Crippen LogP) is 7.15. The number of hydrogen-bond donors (Lipinski definition) is 0. The van der Waals surface area contributed by atoms with Gasteiger partial charge in [-0.15, -0.1) is 11.3 Å². The predicted molar refractivity (Wildman–Crippen MR) is 127 cm³/mol. The first-order valence-corrected chi connectivity index (χ1v) is 11.0. The van der Waals surface area contributed by atoms with Gasteiger partial charge < -0.3 is 4.90 Å². The molecule has 3 heterocycles. The van der Waals surface area contributed by atoms with Crippen LogP contribution in [0.3, 0.4) is 0 Å². The third kappa shape index (κ3) is 2.74. The number of hydrogen-bond acceptors (Lipinski definition) is 3. The Labute approximate surface area is 180 Å². The zero-order chi connectivity index (χ0) is 19.9. The van der Waals surface area contributed by atoms with Gasteiger partial charge in [0.05, 0.1) is 6.04 Å². The molecule has 2 aliphatic heterocycles. The van der Waals surface area contributed by atoms with Crippen molar-refractivity contribution in [3.63, 3.8) is 0 Å². The molecule has 0 N–H and O–H groups in total. The van der Waals surface area contributed by atoms with Gasteiger partial charge in [0.25, 0.3) is 0 Å². The van der Waals surface area contributed by atoms with Gasteiger partial charge in [-0.05, 0) is 28.7 Å². The maximum atomic E-state index is 5.21. The molecular formula is C27H20N2S. The minimum Gasteiger partial charge on any atom is -0.323 e. The standard InChI is InChI=1S/C27H20N2S/c1-3-11-19(12-4-1)25-24(28-23-17-9-10-18-29(23)25)27-22-16-8-7-15-21(22)26(30-27)20-13-5-2-6-14-20/h1-18,24-25H. The number of nitrogens with zero attached hydrogens (tertiary/aromatic N) is 2. The first kappa shape index (κ1) is 17.4. The van der Waals surface area contributed by atoms with Crippen LogP contribution in [0, 0.1) is 0 Å². The molecule has 0 bridgehead atoms. The second kappa shape index (κ2) is 7.12. The summed E-state index contributed by atoms with van der Waals surface area (Å²) in [6.45, 7) is 0. The number of rotatable bonds is 3. The Hall–Kier alpha value is -3.43. The third-order valence-electron chi connectivity index (χ3n) is 5.83. The maximum absolute atomic E-state index is 5.21. The van der Waals surface area contributed by atoms with Gasteiger partial charge in [0.1, 0.15) is 11.9 Å². The molecule has 0 spiro atoms. The van der Waals surface area contributed by atoms with Crippen LogP contribution in [0.15, 0.2) is 114 Å². The second-order valence-corrected chi connectivity index (χ2v) is 8.65. The van der Waals surface area contributed by atoms with E-state index < -0.39 is 0 Å². The van der Waals surface area contributed by atoms with E-state index in [4.69, 9.17) is 4.99 Å². The van der Waals surface area contributed by atoms with Gasteiger partial charge in [0.2, 0.25) is 0 Å². The Balaban J connectivity index is 1.57. The first-order valence-electron chi connectivity index (χ1n) is 10.2. The van der Waals surface area contributed by atoms with Crippen LogP contribution in [0.5, 0.6) is 0 Å². The summed E-state index contributed by atoms with van der Waals surface area (Å²) in [4.78, 5) is 10.2. The average Bonchev–Trinajstić information content (AvgIpc) is 3.39. The lowest BCUT2D eigenvalue weighted by Crippen LogP contribution is -2.26.